The number of urea groups is 1. The number of carbonyl (C=O) groups excluding carboxylic acids is 2. The molecule has 0 bridgehead atoms. The Hall–Kier alpha value is -3.68. The van der Waals surface area contributed by atoms with E-state index in [0.717, 1.165) is 24.4 Å². The van der Waals surface area contributed by atoms with Gasteiger partial charge in [-0.1, -0.05) is 12.8 Å². The normalized spacial score (nSPS) is 20.5. The van der Waals surface area contributed by atoms with E-state index in [1.54, 1.807) is 18.5 Å². The minimum atomic E-state index is -5.08. The molecule has 1 unspecified atom stereocenters. The third-order valence-corrected chi connectivity index (χ3v) is 7.19. The third kappa shape index (κ3) is 6.67. The minimum Gasteiger partial charge on any atom is -0.475 e. The van der Waals surface area contributed by atoms with E-state index in [9.17, 15) is 22.8 Å². The number of likely N-dealkylation sites (tertiary alicyclic amines) is 1. The number of hydrogen-bond donors (Lipinski definition) is 3. The summed E-state index contributed by atoms with van der Waals surface area (Å²) in [6.45, 7) is 3.41. The lowest BCUT2D eigenvalue weighted by Crippen LogP contribution is -2.55. The average molecular weight is 553 g/mol. The van der Waals surface area contributed by atoms with Crippen LogP contribution in [0.3, 0.4) is 0 Å². The van der Waals surface area contributed by atoms with Crippen LogP contribution in [0.4, 0.5) is 23.7 Å². The molecule has 2 aliphatic heterocycles. The highest BCUT2D eigenvalue weighted by Crippen LogP contribution is 2.40. The second kappa shape index (κ2) is 11.6. The van der Waals surface area contributed by atoms with Crippen molar-refractivity contribution < 1.29 is 37.4 Å². The predicted molar refractivity (Wildman–Crippen MR) is 132 cm³/mol. The van der Waals surface area contributed by atoms with Gasteiger partial charge in [0, 0.05) is 50.6 Å². The molecule has 3 N–H and O–H groups in total. The van der Waals surface area contributed by atoms with Gasteiger partial charge < -0.3 is 29.9 Å². The number of nitrogens with zero attached hydrogens (tertiary/aromatic N) is 4. The summed E-state index contributed by atoms with van der Waals surface area (Å²) < 4.78 is 40.2. The number of aryl methyl sites for hydroxylation is 1. The van der Waals surface area contributed by atoms with E-state index < -0.39 is 23.9 Å². The molecule has 0 radical (unpaired) electrons. The fourth-order valence-electron chi connectivity index (χ4n) is 5.11. The van der Waals surface area contributed by atoms with Gasteiger partial charge in [0.05, 0.1) is 17.9 Å². The summed E-state index contributed by atoms with van der Waals surface area (Å²) in [7, 11) is 0. The van der Waals surface area contributed by atoms with Crippen LogP contribution in [0.25, 0.3) is 0 Å². The molecule has 2 fully saturated rings. The number of nitrogens with one attached hydrogen (secondary N) is 2. The molecule has 39 heavy (non-hydrogen) atoms. The van der Waals surface area contributed by atoms with Gasteiger partial charge in [-0.3, -0.25) is 9.78 Å². The molecule has 0 aromatic carbocycles. The first-order chi connectivity index (χ1) is 18.5. The third-order valence-electron chi connectivity index (χ3n) is 7.19. The first-order valence-corrected chi connectivity index (χ1v) is 12.8. The van der Waals surface area contributed by atoms with E-state index in [0.29, 0.717) is 44.2 Å². The lowest BCUT2D eigenvalue weighted by molar-refractivity contribution is -0.192. The smallest absolute Gasteiger partial charge is 0.475 e. The summed E-state index contributed by atoms with van der Waals surface area (Å²) >= 11 is 0. The highest BCUT2D eigenvalue weighted by atomic mass is 19.4. The number of carbonyl (C=O) groups is 3. The summed E-state index contributed by atoms with van der Waals surface area (Å²) in [4.78, 5) is 45.3. The van der Waals surface area contributed by atoms with Crippen LogP contribution in [0.5, 0.6) is 0 Å². The van der Waals surface area contributed by atoms with Crippen molar-refractivity contribution >= 4 is 23.6 Å². The van der Waals surface area contributed by atoms with Crippen LogP contribution in [-0.2, 0) is 26.5 Å². The fraction of sp³-hybridized carbons (Fsp3) is 0.560. The molecule has 3 amide bonds. The van der Waals surface area contributed by atoms with E-state index in [1.165, 1.54) is 12.8 Å². The summed E-state index contributed by atoms with van der Waals surface area (Å²) in [6, 6.07) is 3.94. The summed E-state index contributed by atoms with van der Waals surface area (Å²) in [5.41, 5.74) is 0.777. The quantitative estimate of drug-likeness (QED) is 0.532. The number of anilines is 1. The molecule has 4 heterocycles. The van der Waals surface area contributed by atoms with Crippen LogP contribution in [0, 0.1) is 6.92 Å². The van der Waals surface area contributed by atoms with Crippen molar-refractivity contribution in [2.24, 2.45) is 0 Å². The molecule has 2 aromatic rings. The Morgan fingerprint density at radius 3 is 2.41 bits per heavy atom. The number of halogens is 3. The summed E-state index contributed by atoms with van der Waals surface area (Å²) in [5.74, 6) is -2.11. The molecule has 5 rings (SSSR count). The number of carboxylic acid groups (broad SMARTS) is 1. The van der Waals surface area contributed by atoms with E-state index in [2.05, 4.69) is 20.6 Å². The number of piperidine rings is 1. The van der Waals surface area contributed by atoms with Crippen LogP contribution >= 0.6 is 0 Å². The zero-order valence-corrected chi connectivity index (χ0v) is 21.4. The number of pyridine rings is 1. The minimum absolute atomic E-state index is 0.00671. The molecule has 212 valence electrons. The number of imidazole rings is 1. The van der Waals surface area contributed by atoms with Gasteiger partial charge in [0.2, 0.25) is 0 Å². The molecule has 1 saturated carbocycles. The number of carboxylic acids is 1. The highest BCUT2D eigenvalue weighted by Gasteiger charge is 2.48. The van der Waals surface area contributed by atoms with Crippen molar-refractivity contribution in [1.29, 1.82) is 0 Å². The maximum Gasteiger partial charge on any atom is 0.490 e. The highest BCUT2D eigenvalue weighted by molar-refractivity contribution is 5.94. The van der Waals surface area contributed by atoms with Gasteiger partial charge in [0.25, 0.3) is 5.91 Å². The largest absolute Gasteiger partial charge is 0.490 e. The van der Waals surface area contributed by atoms with Gasteiger partial charge in [0.15, 0.2) is 6.10 Å². The number of rotatable bonds is 3. The molecular weight excluding hydrogens is 521 g/mol. The first kappa shape index (κ1) is 28.3. The topological polar surface area (TPSA) is 139 Å². The van der Waals surface area contributed by atoms with Gasteiger partial charge in [-0.25, -0.2) is 14.6 Å². The fourth-order valence-corrected chi connectivity index (χ4v) is 5.11. The van der Waals surface area contributed by atoms with Crippen LogP contribution in [-0.4, -0.2) is 73.9 Å². The predicted octanol–water partition coefficient (Wildman–Crippen LogP) is 3.20. The maximum absolute atomic E-state index is 13.1. The number of amides is 3. The second-order valence-electron chi connectivity index (χ2n) is 9.85. The number of aliphatic carboxylic acids is 1. The molecule has 1 spiro atoms. The number of ether oxygens (including phenoxy) is 1. The van der Waals surface area contributed by atoms with Gasteiger partial charge in [-0.2, -0.15) is 13.2 Å². The average Bonchev–Trinajstić information content (AvgIpc) is 3.58. The molecule has 1 saturated heterocycles. The molecule has 3 aliphatic rings. The first-order valence-electron chi connectivity index (χ1n) is 12.8. The SMILES string of the molecule is Cc1ncccc1NC(=O)C1Cn2ccnc2C2(CCN(C(=O)NC3CCCC3)CC2)O1.O=C(O)C(F)(F)F. The Kier molecular flexibility index (Phi) is 8.42. The van der Waals surface area contributed by atoms with Crippen LogP contribution in [0.2, 0.25) is 0 Å². The Morgan fingerprint density at radius 2 is 1.79 bits per heavy atom. The number of alkyl halides is 3. The molecule has 11 nitrogen and oxygen atoms in total. The summed E-state index contributed by atoms with van der Waals surface area (Å²) in [5, 5.41) is 13.3. The Labute approximate surface area is 222 Å². The van der Waals surface area contributed by atoms with Gasteiger partial charge >= 0.3 is 18.2 Å². The summed E-state index contributed by atoms with van der Waals surface area (Å²) in [6.07, 6.45) is 5.35. The van der Waals surface area contributed by atoms with E-state index >= 15 is 0 Å². The van der Waals surface area contributed by atoms with Gasteiger partial charge in [0.1, 0.15) is 11.4 Å². The Bertz CT molecular complexity index is 1190. The van der Waals surface area contributed by atoms with Crippen molar-refractivity contribution in [1.82, 2.24) is 24.8 Å². The number of fused-ring (bicyclic) bond motifs is 2. The molecule has 2 aromatic heterocycles. The van der Waals surface area contributed by atoms with Crippen molar-refractivity contribution in [2.75, 3.05) is 18.4 Å². The van der Waals surface area contributed by atoms with Crippen LogP contribution in [0.1, 0.15) is 50.0 Å². The van der Waals surface area contributed by atoms with Crippen molar-refractivity contribution in [3.8, 4) is 0 Å². The standard InChI is InChI=1S/C23H30N6O3.C2HF3O2/c1-16-18(7-4-10-24-16)27-20(30)19-15-29-14-11-25-21(29)23(32-19)8-12-28(13-9-23)22(31)26-17-5-2-3-6-17;3-2(4,5)1(6)7/h4,7,10-11,14,17,19H,2-3,5-6,8-9,12-13,15H2,1H3,(H,26,31)(H,27,30);(H,6,7). The maximum atomic E-state index is 13.1. The zero-order chi connectivity index (χ0) is 28.2. The van der Waals surface area contributed by atoms with E-state index in [1.807, 2.05) is 28.7 Å². The van der Waals surface area contributed by atoms with Crippen LogP contribution in [0.15, 0.2) is 30.7 Å². The molecule has 1 atom stereocenters. The van der Waals surface area contributed by atoms with Crippen molar-refractivity contribution in [3.63, 3.8) is 0 Å². The van der Waals surface area contributed by atoms with E-state index in [-0.39, 0.29) is 11.9 Å². The monoisotopic (exact) mass is 552 g/mol. The number of hydrogen-bond acceptors (Lipinski definition) is 6. The molecular formula is C25H31F3N6O5. The number of aromatic nitrogens is 3. The lowest BCUT2D eigenvalue weighted by Gasteiger charge is -2.45. The molecule has 14 heteroatoms. The second-order valence-corrected chi connectivity index (χ2v) is 9.85. The van der Waals surface area contributed by atoms with Crippen molar-refractivity contribution in [3.05, 3.63) is 42.2 Å². The Morgan fingerprint density at radius 1 is 1.13 bits per heavy atom. The van der Waals surface area contributed by atoms with E-state index in [4.69, 9.17) is 14.6 Å². The van der Waals surface area contributed by atoms with Gasteiger partial charge in [-0.15, -0.1) is 0 Å². The van der Waals surface area contributed by atoms with Crippen molar-refractivity contribution in [2.45, 2.75) is 75.9 Å². The molecule has 1 aliphatic carbocycles. The zero-order valence-electron chi connectivity index (χ0n) is 21.4. The Balaban J connectivity index is 0.000000448. The van der Waals surface area contributed by atoms with Gasteiger partial charge in [-0.05, 0) is 31.9 Å². The van der Waals surface area contributed by atoms with Crippen LogP contribution < -0.4 is 10.6 Å². The lowest BCUT2D eigenvalue weighted by atomic mass is 9.88.